The molecule has 9 heteroatoms. The van der Waals surface area contributed by atoms with Crippen molar-refractivity contribution in [2.75, 3.05) is 13.7 Å². The highest BCUT2D eigenvalue weighted by molar-refractivity contribution is 5.99. The maximum atomic E-state index is 13.7. The zero-order chi connectivity index (χ0) is 22.4. The van der Waals surface area contributed by atoms with Crippen molar-refractivity contribution in [3.63, 3.8) is 0 Å². The van der Waals surface area contributed by atoms with Gasteiger partial charge in [0.25, 0.3) is 5.91 Å². The molecule has 0 saturated carbocycles. The van der Waals surface area contributed by atoms with Gasteiger partial charge in [0.2, 0.25) is 0 Å². The summed E-state index contributed by atoms with van der Waals surface area (Å²) in [5.41, 5.74) is 0.604. The highest BCUT2D eigenvalue weighted by Gasteiger charge is 2.26. The van der Waals surface area contributed by atoms with Gasteiger partial charge in [-0.1, -0.05) is 30.3 Å². The fraction of sp³-hybridized carbons (Fsp3) is 0.182. The minimum absolute atomic E-state index is 0.0300. The summed E-state index contributed by atoms with van der Waals surface area (Å²) in [6.45, 7) is -0.773. The number of carbonyl (C=O) groups excluding carboxylic acids is 3. The smallest absolute Gasteiger partial charge is 0.308 e. The third-order valence-electron chi connectivity index (χ3n) is 4.40. The second-order valence-corrected chi connectivity index (χ2v) is 6.50. The summed E-state index contributed by atoms with van der Waals surface area (Å²) in [5.74, 6) is -4.94. The van der Waals surface area contributed by atoms with Crippen molar-refractivity contribution >= 4 is 28.6 Å². The molecule has 0 radical (unpaired) electrons. The van der Waals surface area contributed by atoms with E-state index in [0.717, 1.165) is 30.7 Å². The number of halogens is 2. The quantitative estimate of drug-likeness (QED) is 0.555. The molecule has 1 unspecified atom stereocenters. The standard InChI is InChI=1S/C22H18F2N2O5/c1-30-20(28)11-18(19(27)12-31-21-14(23)6-4-7-15(21)24)26-22(29)17-10-9-13-5-2-3-8-16(13)25-17/h2-10,18H,11-12H2,1H3,(H,26,29). The van der Waals surface area contributed by atoms with Gasteiger partial charge in [-0.2, -0.15) is 0 Å². The largest absolute Gasteiger partial charge is 0.480 e. The molecule has 0 fully saturated rings. The maximum absolute atomic E-state index is 13.7. The van der Waals surface area contributed by atoms with E-state index in [0.29, 0.717) is 5.52 Å². The minimum Gasteiger partial charge on any atom is -0.480 e. The Bertz CT molecular complexity index is 1120. The van der Waals surface area contributed by atoms with E-state index in [2.05, 4.69) is 15.0 Å². The van der Waals surface area contributed by atoms with Gasteiger partial charge in [0.05, 0.1) is 19.0 Å². The van der Waals surface area contributed by atoms with Crippen molar-refractivity contribution in [2.45, 2.75) is 12.5 Å². The van der Waals surface area contributed by atoms with Crippen LogP contribution < -0.4 is 10.1 Å². The van der Waals surface area contributed by atoms with Gasteiger partial charge in [-0.05, 0) is 24.3 Å². The van der Waals surface area contributed by atoms with Crippen LogP contribution in [0.1, 0.15) is 16.9 Å². The van der Waals surface area contributed by atoms with Gasteiger partial charge in [0.1, 0.15) is 18.3 Å². The molecule has 0 aliphatic rings. The van der Waals surface area contributed by atoms with Crippen molar-refractivity contribution in [2.24, 2.45) is 0 Å². The number of nitrogens with zero attached hydrogens (tertiary/aromatic N) is 1. The summed E-state index contributed by atoms with van der Waals surface area (Å²) in [6.07, 6.45) is -0.488. The molecule has 160 valence electrons. The molecule has 0 spiro atoms. The van der Waals surface area contributed by atoms with Gasteiger partial charge in [-0.25, -0.2) is 13.8 Å². The molecule has 31 heavy (non-hydrogen) atoms. The highest BCUT2D eigenvalue weighted by Crippen LogP contribution is 2.21. The van der Waals surface area contributed by atoms with E-state index in [-0.39, 0.29) is 5.69 Å². The van der Waals surface area contributed by atoms with Crippen LogP contribution in [0.4, 0.5) is 8.78 Å². The maximum Gasteiger partial charge on any atom is 0.308 e. The number of aromatic nitrogens is 1. The topological polar surface area (TPSA) is 94.6 Å². The molecule has 7 nitrogen and oxygen atoms in total. The first-order chi connectivity index (χ1) is 14.9. The lowest BCUT2D eigenvalue weighted by Crippen LogP contribution is -2.44. The molecule has 1 atom stereocenters. The summed E-state index contributed by atoms with van der Waals surface area (Å²) in [7, 11) is 1.13. The van der Waals surface area contributed by atoms with Crippen LogP contribution in [0.25, 0.3) is 10.9 Å². The van der Waals surface area contributed by atoms with E-state index in [1.165, 1.54) is 6.07 Å². The number of pyridine rings is 1. The Balaban J connectivity index is 1.75. The second kappa shape index (κ2) is 9.75. The predicted molar refractivity (Wildman–Crippen MR) is 106 cm³/mol. The first-order valence-corrected chi connectivity index (χ1v) is 9.22. The number of rotatable bonds is 8. The summed E-state index contributed by atoms with van der Waals surface area (Å²) < 4.78 is 36.9. The van der Waals surface area contributed by atoms with Crippen molar-refractivity contribution in [1.82, 2.24) is 10.3 Å². The van der Waals surface area contributed by atoms with Crippen LogP contribution in [-0.4, -0.2) is 42.4 Å². The molecular weight excluding hydrogens is 410 g/mol. The predicted octanol–water partition coefficient (Wildman–Crippen LogP) is 2.82. The number of ether oxygens (including phenoxy) is 2. The van der Waals surface area contributed by atoms with E-state index < -0.39 is 54.1 Å². The molecule has 2 aromatic carbocycles. The van der Waals surface area contributed by atoms with Crippen molar-refractivity contribution in [1.29, 1.82) is 0 Å². The number of methoxy groups -OCH3 is 1. The monoisotopic (exact) mass is 428 g/mol. The Morgan fingerprint density at radius 1 is 1.00 bits per heavy atom. The Kier molecular flexibility index (Phi) is 6.86. The number of ketones is 1. The van der Waals surface area contributed by atoms with E-state index in [4.69, 9.17) is 4.74 Å². The van der Waals surface area contributed by atoms with Crippen molar-refractivity contribution < 1.29 is 32.6 Å². The van der Waals surface area contributed by atoms with Gasteiger partial charge in [0, 0.05) is 5.39 Å². The Hall–Kier alpha value is -3.88. The lowest BCUT2D eigenvalue weighted by Gasteiger charge is -2.17. The van der Waals surface area contributed by atoms with Crippen LogP contribution in [0.2, 0.25) is 0 Å². The third kappa shape index (κ3) is 5.39. The van der Waals surface area contributed by atoms with Crippen molar-refractivity contribution in [3.05, 3.63) is 71.9 Å². The molecule has 0 bridgehead atoms. The third-order valence-corrected chi connectivity index (χ3v) is 4.40. The molecule has 3 rings (SSSR count). The molecule has 0 saturated heterocycles. The normalized spacial score (nSPS) is 11.6. The van der Waals surface area contributed by atoms with Crippen LogP contribution >= 0.6 is 0 Å². The first-order valence-electron chi connectivity index (χ1n) is 9.22. The molecule has 0 aliphatic carbocycles. The van der Waals surface area contributed by atoms with Gasteiger partial charge < -0.3 is 14.8 Å². The van der Waals surface area contributed by atoms with E-state index in [9.17, 15) is 23.2 Å². The van der Waals surface area contributed by atoms with E-state index in [1.807, 2.05) is 12.1 Å². The van der Waals surface area contributed by atoms with Gasteiger partial charge in [-0.15, -0.1) is 0 Å². The number of amides is 1. The summed E-state index contributed by atoms with van der Waals surface area (Å²) in [5, 5.41) is 3.23. The van der Waals surface area contributed by atoms with Gasteiger partial charge in [-0.3, -0.25) is 14.4 Å². The lowest BCUT2D eigenvalue weighted by atomic mass is 10.1. The minimum atomic E-state index is -1.34. The van der Waals surface area contributed by atoms with Crippen LogP contribution in [0, 0.1) is 11.6 Å². The lowest BCUT2D eigenvalue weighted by molar-refractivity contribution is -0.142. The first kappa shape index (κ1) is 21.8. The van der Waals surface area contributed by atoms with E-state index >= 15 is 0 Å². The number of nitrogens with one attached hydrogen (secondary N) is 1. The van der Waals surface area contributed by atoms with E-state index in [1.54, 1.807) is 18.2 Å². The summed E-state index contributed by atoms with van der Waals surface area (Å²) in [6, 6.07) is 12.1. The molecule has 0 aliphatic heterocycles. The number of para-hydroxylation sites is 2. The fourth-order valence-electron chi connectivity index (χ4n) is 2.78. The molecule has 1 amide bonds. The number of hydrogen-bond acceptors (Lipinski definition) is 6. The second-order valence-electron chi connectivity index (χ2n) is 6.50. The molecule has 3 aromatic rings. The number of Topliss-reactive ketones (excluding diaryl/α,β-unsaturated/α-hetero) is 1. The Labute approximate surface area is 176 Å². The Morgan fingerprint density at radius 3 is 2.42 bits per heavy atom. The Morgan fingerprint density at radius 2 is 1.71 bits per heavy atom. The summed E-state index contributed by atoms with van der Waals surface area (Å²) >= 11 is 0. The SMILES string of the molecule is COC(=O)CC(NC(=O)c1ccc2ccccc2n1)C(=O)COc1c(F)cccc1F. The number of hydrogen-bond donors (Lipinski definition) is 1. The van der Waals surface area contributed by atoms with Crippen LogP contribution in [0.5, 0.6) is 5.75 Å². The number of esters is 1. The number of benzene rings is 2. The number of fused-ring (bicyclic) bond motifs is 1. The molecule has 1 N–H and O–H groups in total. The van der Waals surface area contributed by atoms with Crippen LogP contribution in [0.3, 0.4) is 0 Å². The van der Waals surface area contributed by atoms with Crippen LogP contribution in [-0.2, 0) is 14.3 Å². The zero-order valence-corrected chi connectivity index (χ0v) is 16.4. The van der Waals surface area contributed by atoms with Gasteiger partial charge >= 0.3 is 5.97 Å². The molecular formula is C22H18F2N2O5. The van der Waals surface area contributed by atoms with Crippen LogP contribution in [0.15, 0.2) is 54.6 Å². The van der Waals surface area contributed by atoms with Crippen molar-refractivity contribution in [3.8, 4) is 5.75 Å². The molecule has 1 aromatic heterocycles. The fourth-order valence-corrected chi connectivity index (χ4v) is 2.78. The average Bonchev–Trinajstić information content (AvgIpc) is 2.77. The molecule has 1 heterocycles. The summed E-state index contributed by atoms with van der Waals surface area (Å²) in [4.78, 5) is 41.1. The zero-order valence-electron chi connectivity index (χ0n) is 16.4. The number of carbonyl (C=O) groups is 3. The highest BCUT2D eigenvalue weighted by atomic mass is 19.1. The average molecular weight is 428 g/mol. The van der Waals surface area contributed by atoms with Gasteiger partial charge in [0.15, 0.2) is 23.2 Å².